The summed E-state index contributed by atoms with van der Waals surface area (Å²) in [4.78, 5) is 27.2. The van der Waals surface area contributed by atoms with Gasteiger partial charge in [-0.1, -0.05) is 0 Å². The molecule has 46 heavy (non-hydrogen) atoms. The average Bonchev–Trinajstić information content (AvgIpc) is 3.65. The van der Waals surface area contributed by atoms with Gasteiger partial charge < -0.3 is 30.9 Å². The Morgan fingerprint density at radius 2 is 1.91 bits per heavy atom. The van der Waals surface area contributed by atoms with Crippen molar-refractivity contribution in [2.75, 3.05) is 30.7 Å². The summed E-state index contributed by atoms with van der Waals surface area (Å²) in [5.74, 6) is -0.724. The molecule has 2 aliphatic heterocycles. The molecule has 0 saturated carbocycles. The molecule has 5 N–H and O–H groups in total. The van der Waals surface area contributed by atoms with E-state index in [0.29, 0.717) is 41.5 Å². The maximum atomic E-state index is 10.6. The number of aliphatic carboxylic acids is 1. The maximum absolute atomic E-state index is 10.6. The van der Waals surface area contributed by atoms with Gasteiger partial charge in [-0.25, -0.2) is 24.7 Å². The minimum Gasteiger partial charge on any atom is -0.475 e. The smallest absolute Gasteiger partial charge is 0.475 e. The maximum Gasteiger partial charge on any atom is 0.490 e. The van der Waals surface area contributed by atoms with Gasteiger partial charge in [0, 0.05) is 35.5 Å². The number of alkyl halides is 3. The Bertz CT molecular complexity index is 1960. The zero-order chi connectivity index (χ0) is 32.5. The van der Waals surface area contributed by atoms with Crippen molar-refractivity contribution in [2.24, 2.45) is 4.99 Å². The van der Waals surface area contributed by atoms with Crippen LogP contribution in [0.5, 0.6) is 11.6 Å². The van der Waals surface area contributed by atoms with Crippen molar-refractivity contribution in [1.29, 1.82) is 0 Å². The topological polar surface area (TPSA) is 187 Å². The molecule has 3 aromatic heterocycles. The monoisotopic (exact) mass is 636 g/mol. The number of benzene rings is 2. The summed E-state index contributed by atoms with van der Waals surface area (Å²) >= 11 is 0. The lowest BCUT2D eigenvalue weighted by Gasteiger charge is -2.32. The number of nitrogens with two attached hydrogens (primary N) is 1. The molecule has 238 valence electrons. The fourth-order valence-electron chi connectivity index (χ4n) is 4.96. The predicted molar refractivity (Wildman–Crippen MR) is 161 cm³/mol. The zero-order valence-corrected chi connectivity index (χ0v) is 24.2. The normalized spacial score (nSPS) is 15.6. The highest BCUT2D eigenvalue weighted by Crippen LogP contribution is 2.32. The molecule has 1 fully saturated rings. The van der Waals surface area contributed by atoms with Gasteiger partial charge in [0.25, 0.3) is 6.02 Å². The minimum absolute atomic E-state index is 0.193. The molecule has 0 atom stereocenters. The molecule has 7 rings (SSSR count). The van der Waals surface area contributed by atoms with Crippen LogP contribution in [0.2, 0.25) is 0 Å². The van der Waals surface area contributed by atoms with Crippen molar-refractivity contribution < 1.29 is 32.5 Å². The van der Waals surface area contributed by atoms with Crippen molar-refractivity contribution in [1.82, 2.24) is 34.9 Å². The number of nitrogen functional groups attached to an aromatic ring is 1. The average molecular weight is 637 g/mol. The lowest BCUT2D eigenvalue weighted by atomic mass is 9.93. The molecule has 17 heteroatoms. The van der Waals surface area contributed by atoms with Crippen LogP contribution in [-0.2, 0) is 9.53 Å². The first-order valence-electron chi connectivity index (χ1n) is 14.0. The van der Waals surface area contributed by atoms with E-state index < -0.39 is 12.1 Å². The van der Waals surface area contributed by atoms with Gasteiger partial charge in [0.15, 0.2) is 11.5 Å². The number of aromatic nitrogens is 6. The van der Waals surface area contributed by atoms with E-state index >= 15 is 0 Å². The Morgan fingerprint density at radius 1 is 1.13 bits per heavy atom. The quantitative estimate of drug-likeness (QED) is 0.223. The first kappa shape index (κ1) is 30.4. The van der Waals surface area contributed by atoms with Gasteiger partial charge in [-0.15, -0.1) is 10.2 Å². The third-order valence-corrected chi connectivity index (χ3v) is 7.37. The molecule has 0 amide bonds. The first-order valence-corrected chi connectivity index (χ1v) is 14.0. The van der Waals surface area contributed by atoms with Crippen molar-refractivity contribution in [3.05, 3.63) is 60.7 Å². The number of aryl methyl sites for hydroxylation is 1. The number of anilines is 2. The molecule has 5 heterocycles. The van der Waals surface area contributed by atoms with E-state index in [1.165, 1.54) is 0 Å². The SMILES string of the molecule is Cc1cc(-c2nc(N)c3cc(NC4=NCC5(CCNCC5)O4)ccc3n2)ccc1Oc1cc2nncn2cn1.O=C(O)C(F)(F)F. The van der Waals surface area contributed by atoms with Gasteiger partial charge in [0.2, 0.25) is 5.88 Å². The highest BCUT2D eigenvalue weighted by molar-refractivity contribution is 5.96. The summed E-state index contributed by atoms with van der Waals surface area (Å²) in [7, 11) is 0. The molecule has 1 saturated heterocycles. The standard InChI is InChI=1S/C27H26N10O2.C2HF3O2/c1-16-10-17(2-5-21(16)38-23-12-22-36-32-15-37(22)14-31-23)25-34-20-4-3-18(11-19(20)24(28)35-25)33-26-30-13-27(39-26)6-8-29-9-7-27;3-2(4,5)1(6)7/h2-5,10-12,14-15,29H,6-9,13H2,1H3,(H,30,33)(H2,28,34,35);(H,6,7). The van der Waals surface area contributed by atoms with Crippen LogP contribution in [0.15, 0.2) is 60.1 Å². The molecule has 14 nitrogen and oxygen atoms in total. The van der Waals surface area contributed by atoms with Gasteiger partial charge in [-0.05, 0) is 62.0 Å². The van der Waals surface area contributed by atoms with Crippen molar-refractivity contribution >= 4 is 40.0 Å². The van der Waals surface area contributed by atoms with E-state index in [4.69, 9.17) is 30.1 Å². The molecule has 2 aliphatic rings. The number of carbonyl (C=O) groups is 1. The lowest BCUT2D eigenvalue weighted by molar-refractivity contribution is -0.192. The molecule has 0 aliphatic carbocycles. The van der Waals surface area contributed by atoms with Crippen molar-refractivity contribution in [2.45, 2.75) is 31.5 Å². The Labute approximate surface area is 258 Å². The van der Waals surface area contributed by atoms with E-state index in [9.17, 15) is 13.2 Å². The summed E-state index contributed by atoms with van der Waals surface area (Å²) in [5, 5.41) is 22.4. The summed E-state index contributed by atoms with van der Waals surface area (Å²) in [6.07, 6.45) is 0.0122. The van der Waals surface area contributed by atoms with E-state index in [-0.39, 0.29) is 5.60 Å². The minimum atomic E-state index is -5.08. The number of carboxylic acids is 1. The van der Waals surface area contributed by atoms with Crippen LogP contribution in [0.3, 0.4) is 0 Å². The number of ether oxygens (including phenoxy) is 2. The Morgan fingerprint density at radius 3 is 2.65 bits per heavy atom. The number of nitrogens with one attached hydrogen (secondary N) is 2. The summed E-state index contributed by atoms with van der Waals surface area (Å²) in [6.45, 7) is 4.53. The third-order valence-electron chi connectivity index (χ3n) is 7.37. The van der Waals surface area contributed by atoms with E-state index in [1.807, 2.05) is 43.3 Å². The van der Waals surface area contributed by atoms with Gasteiger partial charge in [0.1, 0.15) is 29.8 Å². The molecule has 0 unspecified atom stereocenters. The first-order chi connectivity index (χ1) is 22.0. The zero-order valence-electron chi connectivity index (χ0n) is 24.2. The number of amidine groups is 1. The van der Waals surface area contributed by atoms with Crippen molar-refractivity contribution in [3.8, 4) is 23.0 Å². The Hall–Kier alpha value is -5.58. The van der Waals surface area contributed by atoms with Gasteiger partial charge >= 0.3 is 12.1 Å². The van der Waals surface area contributed by atoms with Gasteiger partial charge in [-0.3, -0.25) is 4.40 Å². The van der Waals surface area contributed by atoms with Gasteiger partial charge in [-0.2, -0.15) is 13.2 Å². The van der Waals surface area contributed by atoms with E-state index in [2.05, 4.69) is 35.8 Å². The van der Waals surface area contributed by atoms with Crippen LogP contribution in [0.4, 0.5) is 24.7 Å². The van der Waals surface area contributed by atoms with Crippen LogP contribution in [0.1, 0.15) is 18.4 Å². The molecular weight excluding hydrogens is 609 g/mol. The number of halogens is 3. The number of piperidine rings is 1. The largest absolute Gasteiger partial charge is 0.490 e. The second-order valence-corrected chi connectivity index (χ2v) is 10.7. The second-order valence-electron chi connectivity index (χ2n) is 10.7. The molecular formula is C29H27F3N10O4. The lowest BCUT2D eigenvalue weighted by Crippen LogP contribution is -2.45. The number of hydrogen-bond acceptors (Lipinski definition) is 12. The van der Waals surface area contributed by atoms with E-state index in [1.54, 1.807) is 23.1 Å². The molecule has 0 radical (unpaired) electrons. The molecule has 0 bridgehead atoms. The van der Waals surface area contributed by atoms with Crippen LogP contribution in [0, 0.1) is 6.92 Å². The summed E-state index contributed by atoms with van der Waals surface area (Å²) in [5.41, 5.74) is 10.2. The summed E-state index contributed by atoms with van der Waals surface area (Å²) < 4.78 is 45.6. The fourth-order valence-corrected chi connectivity index (χ4v) is 4.96. The van der Waals surface area contributed by atoms with Crippen LogP contribution in [-0.4, -0.2) is 78.1 Å². The Balaban J connectivity index is 0.000000480. The Kier molecular flexibility index (Phi) is 7.99. The van der Waals surface area contributed by atoms with Crippen LogP contribution in [0.25, 0.3) is 27.9 Å². The third kappa shape index (κ3) is 6.58. The number of hydrogen-bond donors (Lipinski definition) is 4. The van der Waals surface area contributed by atoms with Crippen LogP contribution >= 0.6 is 0 Å². The number of aliphatic imine (C=N–C) groups is 1. The highest BCUT2D eigenvalue weighted by atomic mass is 19.4. The number of fused-ring (bicyclic) bond motifs is 2. The molecule has 2 aromatic carbocycles. The fraction of sp³-hybridized carbons (Fsp3) is 0.276. The van der Waals surface area contributed by atoms with E-state index in [0.717, 1.165) is 53.6 Å². The second kappa shape index (κ2) is 12.1. The predicted octanol–water partition coefficient (Wildman–Crippen LogP) is 3.97. The number of nitrogens with zero attached hydrogens (tertiary/aromatic N) is 7. The summed E-state index contributed by atoms with van der Waals surface area (Å²) in [6, 6.07) is 13.8. The number of rotatable bonds is 4. The molecule has 1 spiro atoms. The van der Waals surface area contributed by atoms with Crippen LogP contribution < -0.4 is 21.1 Å². The molecule has 5 aromatic rings. The van der Waals surface area contributed by atoms with Gasteiger partial charge in [0.05, 0.1) is 12.1 Å². The highest BCUT2D eigenvalue weighted by Gasteiger charge is 2.39. The van der Waals surface area contributed by atoms with Crippen molar-refractivity contribution in [3.63, 3.8) is 0 Å². The number of carboxylic acid groups (broad SMARTS) is 1.